The molecule has 28 heavy (non-hydrogen) atoms. The first-order valence-corrected chi connectivity index (χ1v) is 10.5. The van der Waals surface area contributed by atoms with Crippen LogP contribution in [0, 0.1) is 5.92 Å². The first-order valence-electron chi connectivity index (χ1n) is 10.5. The van der Waals surface area contributed by atoms with Gasteiger partial charge in [-0.3, -0.25) is 4.79 Å². The SMILES string of the molecule is CCC(CC)CN1CC2(CCN(C(=O)[C@@H](NC)c3ccccc3)CC2)OC1=O. The largest absolute Gasteiger partial charge is 0.441 e. The van der Waals surface area contributed by atoms with E-state index in [2.05, 4.69) is 19.2 Å². The highest BCUT2D eigenvalue weighted by Crippen LogP contribution is 2.34. The summed E-state index contributed by atoms with van der Waals surface area (Å²) in [6.07, 6.45) is 3.36. The van der Waals surface area contributed by atoms with Crippen LogP contribution in [-0.2, 0) is 9.53 Å². The van der Waals surface area contributed by atoms with Crippen molar-refractivity contribution < 1.29 is 14.3 Å². The summed E-state index contributed by atoms with van der Waals surface area (Å²) in [4.78, 5) is 29.2. The summed E-state index contributed by atoms with van der Waals surface area (Å²) in [5.74, 6) is 0.605. The lowest BCUT2D eigenvalue weighted by Crippen LogP contribution is -2.51. The van der Waals surface area contributed by atoms with Gasteiger partial charge in [0.2, 0.25) is 5.91 Å². The number of piperidine rings is 1. The number of nitrogens with one attached hydrogen (secondary N) is 1. The highest BCUT2D eigenvalue weighted by molar-refractivity contribution is 5.83. The van der Waals surface area contributed by atoms with Crippen molar-refractivity contribution in [2.75, 3.05) is 33.2 Å². The molecule has 0 saturated carbocycles. The molecule has 154 valence electrons. The Bertz CT molecular complexity index is 667. The predicted octanol–water partition coefficient (Wildman–Crippen LogP) is 3.20. The predicted molar refractivity (Wildman–Crippen MR) is 109 cm³/mol. The third kappa shape index (κ3) is 4.32. The van der Waals surface area contributed by atoms with Gasteiger partial charge >= 0.3 is 6.09 Å². The maximum absolute atomic E-state index is 13.0. The van der Waals surface area contributed by atoms with Crippen molar-refractivity contribution in [2.45, 2.75) is 51.2 Å². The smallest absolute Gasteiger partial charge is 0.410 e. The van der Waals surface area contributed by atoms with Gasteiger partial charge in [0.25, 0.3) is 0 Å². The monoisotopic (exact) mass is 387 g/mol. The molecule has 2 aliphatic rings. The molecule has 0 aromatic heterocycles. The molecule has 1 aromatic rings. The maximum Gasteiger partial charge on any atom is 0.410 e. The van der Waals surface area contributed by atoms with Crippen molar-refractivity contribution in [3.8, 4) is 0 Å². The topological polar surface area (TPSA) is 61.9 Å². The van der Waals surface area contributed by atoms with Crippen LogP contribution in [0.15, 0.2) is 30.3 Å². The number of benzene rings is 1. The molecular weight excluding hydrogens is 354 g/mol. The fraction of sp³-hybridized carbons (Fsp3) is 0.636. The molecule has 2 fully saturated rings. The molecule has 1 N–H and O–H groups in total. The number of likely N-dealkylation sites (tertiary alicyclic amines) is 1. The molecule has 6 heteroatoms. The van der Waals surface area contributed by atoms with Crippen LogP contribution in [0.2, 0.25) is 0 Å². The number of likely N-dealkylation sites (N-methyl/N-ethyl adjacent to an activating group) is 1. The van der Waals surface area contributed by atoms with Crippen LogP contribution in [0.1, 0.15) is 51.1 Å². The van der Waals surface area contributed by atoms with Gasteiger partial charge in [-0.05, 0) is 18.5 Å². The second-order valence-electron chi connectivity index (χ2n) is 8.07. The van der Waals surface area contributed by atoms with E-state index in [0.717, 1.165) is 24.9 Å². The maximum atomic E-state index is 13.0. The van der Waals surface area contributed by atoms with E-state index < -0.39 is 5.60 Å². The molecule has 0 aliphatic carbocycles. The Hall–Kier alpha value is -2.08. The molecular formula is C22H33N3O3. The van der Waals surface area contributed by atoms with Gasteiger partial charge in [0.1, 0.15) is 11.6 Å². The van der Waals surface area contributed by atoms with Gasteiger partial charge in [0, 0.05) is 32.5 Å². The summed E-state index contributed by atoms with van der Waals surface area (Å²) < 4.78 is 5.83. The Kier molecular flexibility index (Phi) is 6.60. The van der Waals surface area contributed by atoms with Gasteiger partial charge < -0.3 is 19.9 Å². The lowest BCUT2D eigenvalue weighted by molar-refractivity contribution is -0.136. The van der Waals surface area contributed by atoms with Crippen LogP contribution >= 0.6 is 0 Å². The Labute approximate surface area is 168 Å². The number of carbonyl (C=O) groups is 2. The number of carbonyl (C=O) groups excluding carboxylic acids is 2. The zero-order valence-corrected chi connectivity index (χ0v) is 17.3. The summed E-state index contributed by atoms with van der Waals surface area (Å²) >= 11 is 0. The number of rotatable bonds is 7. The highest BCUT2D eigenvalue weighted by atomic mass is 16.6. The summed E-state index contributed by atoms with van der Waals surface area (Å²) in [6, 6.07) is 9.45. The van der Waals surface area contributed by atoms with Gasteiger partial charge in [0.15, 0.2) is 0 Å². The second kappa shape index (κ2) is 8.95. The summed E-state index contributed by atoms with van der Waals surface area (Å²) in [6.45, 7) is 7.00. The van der Waals surface area contributed by atoms with E-state index in [4.69, 9.17) is 4.74 Å². The summed E-state index contributed by atoms with van der Waals surface area (Å²) in [7, 11) is 1.81. The molecule has 0 bridgehead atoms. The molecule has 2 aliphatic heterocycles. The zero-order chi connectivity index (χ0) is 20.1. The molecule has 1 atom stereocenters. The Morgan fingerprint density at radius 2 is 1.82 bits per heavy atom. The van der Waals surface area contributed by atoms with Crippen molar-refractivity contribution in [2.24, 2.45) is 5.92 Å². The van der Waals surface area contributed by atoms with E-state index in [1.54, 1.807) is 0 Å². The fourth-order valence-electron chi connectivity index (χ4n) is 4.35. The molecule has 0 unspecified atom stereocenters. The van der Waals surface area contributed by atoms with Crippen LogP contribution in [-0.4, -0.2) is 60.6 Å². The quantitative estimate of drug-likeness (QED) is 0.780. The summed E-state index contributed by atoms with van der Waals surface area (Å²) in [5, 5.41) is 3.14. The standard InChI is InChI=1S/C22H33N3O3/c1-4-17(5-2)15-25-16-22(28-21(25)27)11-13-24(14-12-22)20(26)19(23-3)18-9-7-6-8-10-18/h6-10,17,19,23H,4-5,11-16H2,1-3H3/t19-/m0/s1. The van der Waals surface area contributed by atoms with E-state index in [1.807, 2.05) is 47.2 Å². The lowest BCUT2D eigenvalue weighted by atomic mass is 9.90. The van der Waals surface area contributed by atoms with Crippen molar-refractivity contribution in [1.29, 1.82) is 0 Å². The van der Waals surface area contributed by atoms with Crippen LogP contribution in [0.3, 0.4) is 0 Å². The molecule has 6 nitrogen and oxygen atoms in total. The van der Waals surface area contributed by atoms with E-state index in [0.29, 0.717) is 38.4 Å². The Morgan fingerprint density at radius 3 is 2.39 bits per heavy atom. The van der Waals surface area contributed by atoms with Crippen LogP contribution in [0.25, 0.3) is 0 Å². The highest BCUT2D eigenvalue weighted by Gasteiger charge is 2.48. The van der Waals surface area contributed by atoms with Crippen molar-refractivity contribution in [3.63, 3.8) is 0 Å². The van der Waals surface area contributed by atoms with Gasteiger partial charge in [-0.15, -0.1) is 0 Å². The minimum absolute atomic E-state index is 0.0850. The molecule has 1 spiro atoms. The second-order valence-corrected chi connectivity index (χ2v) is 8.07. The van der Waals surface area contributed by atoms with Gasteiger partial charge in [-0.1, -0.05) is 57.0 Å². The van der Waals surface area contributed by atoms with Crippen LogP contribution < -0.4 is 5.32 Å². The number of hydrogen-bond acceptors (Lipinski definition) is 4. The van der Waals surface area contributed by atoms with E-state index in [-0.39, 0.29) is 18.0 Å². The minimum atomic E-state index is -0.429. The third-order valence-electron chi connectivity index (χ3n) is 6.33. The Balaban J connectivity index is 1.59. The first kappa shape index (κ1) is 20.6. The summed E-state index contributed by atoms with van der Waals surface area (Å²) in [5.41, 5.74) is 0.542. The number of amides is 2. The zero-order valence-electron chi connectivity index (χ0n) is 17.3. The molecule has 1 aromatic carbocycles. The molecule has 2 amide bonds. The average molecular weight is 388 g/mol. The van der Waals surface area contributed by atoms with Gasteiger partial charge in [-0.2, -0.15) is 0 Å². The van der Waals surface area contributed by atoms with Crippen LogP contribution in [0.4, 0.5) is 4.79 Å². The van der Waals surface area contributed by atoms with E-state index in [9.17, 15) is 9.59 Å². The number of hydrogen-bond donors (Lipinski definition) is 1. The number of nitrogens with zero attached hydrogens (tertiary/aromatic N) is 2. The molecule has 2 saturated heterocycles. The van der Waals surface area contributed by atoms with Crippen molar-refractivity contribution in [3.05, 3.63) is 35.9 Å². The lowest BCUT2D eigenvalue weighted by Gasteiger charge is -2.38. The third-order valence-corrected chi connectivity index (χ3v) is 6.33. The van der Waals surface area contributed by atoms with E-state index in [1.165, 1.54) is 0 Å². The van der Waals surface area contributed by atoms with E-state index >= 15 is 0 Å². The fourth-order valence-corrected chi connectivity index (χ4v) is 4.35. The normalized spacial score (nSPS) is 19.9. The van der Waals surface area contributed by atoms with Gasteiger partial charge in [0.05, 0.1) is 6.54 Å². The van der Waals surface area contributed by atoms with Crippen molar-refractivity contribution in [1.82, 2.24) is 15.1 Å². The average Bonchev–Trinajstić information content (AvgIpc) is 3.02. The Morgan fingerprint density at radius 1 is 1.18 bits per heavy atom. The van der Waals surface area contributed by atoms with Gasteiger partial charge in [-0.25, -0.2) is 4.79 Å². The molecule has 0 radical (unpaired) electrons. The minimum Gasteiger partial charge on any atom is -0.441 e. The molecule has 2 heterocycles. The molecule has 3 rings (SSSR count). The van der Waals surface area contributed by atoms with Crippen LogP contribution in [0.5, 0.6) is 0 Å². The van der Waals surface area contributed by atoms with Crippen molar-refractivity contribution >= 4 is 12.0 Å². The number of ether oxygens (including phenoxy) is 1. The first-order chi connectivity index (χ1) is 13.5.